The fraction of sp³-hybridized carbons (Fsp3) is 0.517. The first-order valence-electron chi connectivity index (χ1n) is 13.0. The molecule has 0 spiro atoms. The lowest BCUT2D eigenvalue weighted by Crippen LogP contribution is -2.47. The number of hydrogen-bond donors (Lipinski definition) is 0. The van der Waals surface area contributed by atoms with E-state index in [1.165, 1.54) is 42.7 Å². The number of imidazole rings is 1. The summed E-state index contributed by atoms with van der Waals surface area (Å²) >= 11 is 0. The number of hydrogen-bond acceptors (Lipinski definition) is 4. The van der Waals surface area contributed by atoms with E-state index in [-0.39, 0.29) is 24.8 Å². The van der Waals surface area contributed by atoms with Crippen LogP contribution in [0.2, 0.25) is 0 Å². The third kappa shape index (κ3) is 5.96. The predicted molar refractivity (Wildman–Crippen MR) is 156 cm³/mol. The Kier molecular flexibility index (Phi) is 9.62. The highest BCUT2D eigenvalue weighted by Crippen LogP contribution is 2.31. The van der Waals surface area contributed by atoms with Crippen molar-refractivity contribution >= 4 is 42.1 Å². The summed E-state index contributed by atoms with van der Waals surface area (Å²) in [5.74, 6) is 1.87. The molecule has 7 heteroatoms. The van der Waals surface area contributed by atoms with Crippen molar-refractivity contribution in [2.75, 3.05) is 26.2 Å². The Bertz CT molecular complexity index is 1180. The number of rotatable bonds is 8. The first kappa shape index (κ1) is 28.6. The van der Waals surface area contributed by atoms with Gasteiger partial charge in [0.15, 0.2) is 5.65 Å². The number of nitrogens with zero attached hydrogens (tertiary/aromatic N) is 5. The maximum Gasteiger partial charge on any atom is 0.160 e. The molecule has 196 valence electrons. The Labute approximate surface area is 228 Å². The molecule has 2 atom stereocenters. The molecule has 0 unspecified atom stereocenters. The maximum atomic E-state index is 4.88. The Morgan fingerprint density at radius 3 is 2.33 bits per heavy atom. The normalized spacial score (nSPS) is 19.9. The molecule has 2 saturated heterocycles. The molecule has 2 aliphatic rings. The standard InChI is InChI=1S/C29H39N5.2ClH/c1-6-27-31-28-21(4)14-22(5)30-29(28)34(27)17-24-11-9-23(10-12-24)8-7-13-32-18-26-15-25(32)19-33(26)16-20(2)3;;/h7-12,14,20,25-26H,6,13,15-19H2,1-5H3;2*1H/t25-,26-;;/m1../s1. The SMILES string of the molecule is CCc1nc2c(C)cc(C)nc2n1Cc1ccc(C=CCN2C[C@H]3C[C@@H]2CN3CC(C)C)cc1.Cl.Cl. The predicted octanol–water partition coefficient (Wildman–Crippen LogP) is 5.93. The third-order valence-electron chi connectivity index (χ3n) is 7.46. The summed E-state index contributed by atoms with van der Waals surface area (Å²) in [5, 5.41) is 0. The van der Waals surface area contributed by atoms with Gasteiger partial charge in [-0.2, -0.15) is 0 Å². The molecule has 4 heterocycles. The first-order chi connectivity index (χ1) is 16.4. The lowest BCUT2D eigenvalue weighted by Gasteiger charge is -2.34. The molecule has 0 amide bonds. The first-order valence-corrected chi connectivity index (χ1v) is 13.0. The average molecular weight is 531 g/mol. The highest BCUT2D eigenvalue weighted by atomic mass is 35.5. The molecule has 2 aromatic heterocycles. The molecular formula is C29H41Cl2N5. The number of likely N-dealkylation sites (tertiary alicyclic amines) is 2. The Morgan fingerprint density at radius 1 is 1.00 bits per heavy atom. The second kappa shape index (κ2) is 12.1. The van der Waals surface area contributed by atoms with E-state index >= 15 is 0 Å². The fourth-order valence-corrected chi connectivity index (χ4v) is 5.87. The van der Waals surface area contributed by atoms with Gasteiger partial charge in [-0.25, -0.2) is 9.97 Å². The smallest absolute Gasteiger partial charge is 0.160 e. The van der Waals surface area contributed by atoms with Crippen LogP contribution in [-0.4, -0.2) is 62.6 Å². The van der Waals surface area contributed by atoms with Crippen LogP contribution in [0.1, 0.15) is 55.4 Å². The third-order valence-corrected chi connectivity index (χ3v) is 7.46. The topological polar surface area (TPSA) is 37.2 Å². The Hall–Kier alpha value is -1.92. The zero-order valence-electron chi connectivity index (χ0n) is 22.3. The van der Waals surface area contributed by atoms with Gasteiger partial charge < -0.3 is 4.57 Å². The molecule has 0 N–H and O–H groups in total. The molecule has 36 heavy (non-hydrogen) atoms. The van der Waals surface area contributed by atoms with Crippen molar-refractivity contribution in [3.63, 3.8) is 0 Å². The molecule has 2 bridgehead atoms. The Balaban J connectivity index is 0.00000180. The second-order valence-electron chi connectivity index (χ2n) is 10.7. The van der Waals surface area contributed by atoms with Gasteiger partial charge in [-0.05, 0) is 48.9 Å². The van der Waals surface area contributed by atoms with E-state index in [1.54, 1.807) is 0 Å². The van der Waals surface area contributed by atoms with E-state index in [1.807, 2.05) is 0 Å². The van der Waals surface area contributed by atoms with Crippen LogP contribution >= 0.6 is 24.8 Å². The number of pyridine rings is 1. The van der Waals surface area contributed by atoms with Crippen molar-refractivity contribution in [1.82, 2.24) is 24.3 Å². The van der Waals surface area contributed by atoms with Gasteiger partial charge in [0.05, 0.1) is 6.54 Å². The number of piperazine rings is 1. The van der Waals surface area contributed by atoms with Gasteiger partial charge in [-0.3, -0.25) is 9.80 Å². The van der Waals surface area contributed by atoms with Crippen molar-refractivity contribution in [3.8, 4) is 0 Å². The zero-order chi connectivity index (χ0) is 23.8. The summed E-state index contributed by atoms with van der Waals surface area (Å²) in [5.41, 5.74) is 6.85. The molecule has 1 aromatic carbocycles. The van der Waals surface area contributed by atoms with Crippen LogP contribution in [0.25, 0.3) is 17.2 Å². The molecule has 5 nitrogen and oxygen atoms in total. The van der Waals surface area contributed by atoms with Crippen molar-refractivity contribution in [3.05, 3.63) is 64.6 Å². The van der Waals surface area contributed by atoms with Crippen LogP contribution in [0.15, 0.2) is 36.4 Å². The average Bonchev–Trinajstić information content (AvgIpc) is 3.47. The van der Waals surface area contributed by atoms with E-state index in [0.29, 0.717) is 0 Å². The number of halogens is 2. The van der Waals surface area contributed by atoms with Crippen molar-refractivity contribution < 1.29 is 0 Å². The van der Waals surface area contributed by atoms with E-state index in [4.69, 9.17) is 9.97 Å². The minimum Gasteiger partial charge on any atom is -0.308 e. The summed E-state index contributed by atoms with van der Waals surface area (Å²) in [7, 11) is 0. The molecule has 0 radical (unpaired) electrons. The van der Waals surface area contributed by atoms with Gasteiger partial charge in [0.1, 0.15) is 11.3 Å². The quantitative estimate of drug-likeness (QED) is 0.362. The summed E-state index contributed by atoms with van der Waals surface area (Å²) < 4.78 is 2.28. The second-order valence-corrected chi connectivity index (χ2v) is 10.7. The molecule has 5 rings (SSSR count). The van der Waals surface area contributed by atoms with E-state index in [0.717, 1.165) is 60.2 Å². The highest BCUT2D eigenvalue weighted by Gasteiger charge is 2.42. The zero-order valence-corrected chi connectivity index (χ0v) is 23.9. The van der Waals surface area contributed by atoms with Gasteiger partial charge in [-0.1, -0.05) is 57.2 Å². The van der Waals surface area contributed by atoms with Crippen molar-refractivity contribution in [2.24, 2.45) is 5.92 Å². The molecule has 0 aliphatic carbocycles. The highest BCUT2D eigenvalue weighted by molar-refractivity contribution is 5.85. The molecule has 2 aliphatic heterocycles. The number of benzene rings is 1. The van der Waals surface area contributed by atoms with Gasteiger partial charge in [0.25, 0.3) is 0 Å². The van der Waals surface area contributed by atoms with Gasteiger partial charge in [0.2, 0.25) is 0 Å². The monoisotopic (exact) mass is 529 g/mol. The summed E-state index contributed by atoms with van der Waals surface area (Å²) in [6.07, 6.45) is 6.88. The maximum absolute atomic E-state index is 4.88. The molecule has 3 aromatic rings. The Morgan fingerprint density at radius 2 is 1.69 bits per heavy atom. The minimum absolute atomic E-state index is 0. The molecule has 0 saturated carbocycles. The van der Waals surface area contributed by atoms with Crippen LogP contribution < -0.4 is 0 Å². The molecular weight excluding hydrogens is 489 g/mol. The van der Waals surface area contributed by atoms with Crippen LogP contribution in [0, 0.1) is 19.8 Å². The van der Waals surface area contributed by atoms with Crippen molar-refractivity contribution in [2.45, 2.75) is 66.1 Å². The van der Waals surface area contributed by atoms with Gasteiger partial charge in [-0.15, -0.1) is 24.8 Å². The van der Waals surface area contributed by atoms with E-state index in [9.17, 15) is 0 Å². The van der Waals surface area contributed by atoms with Crippen LogP contribution in [0.3, 0.4) is 0 Å². The molecule has 2 fully saturated rings. The van der Waals surface area contributed by atoms with Crippen LogP contribution in [0.4, 0.5) is 0 Å². The minimum atomic E-state index is 0. The number of fused-ring (bicyclic) bond motifs is 3. The number of aryl methyl sites for hydroxylation is 3. The lowest BCUT2D eigenvalue weighted by atomic mass is 10.1. The largest absolute Gasteiger partial charge is 0.308 e. The summed E-state index contributed by atoms with van der Waals surface area (Å²) in [4.78, 5) is 15.1. The summed E-state index contributed by atoms with van der Waals surface area (Å²) in [6.45, 7) is 16.6. The number of aromatic nitrogens is 3. The van der Waals surface area contributed by atoms with Gasteiger partial charge >= 0.3 is 0 Å². The summed E-state index contributed by atoms with van der Waals surface area (Å²) in [6, 6.07) is 12.6. The van der Waals surface area contributed by atoms with Crippen molar-refractivity contribution in [1.29, 1.82) is 0 Å². The van der Waals surface area contributed by atoms with Gasteiger partial charge in [0, 0.05) is 50.4 Å². The van der Waals surface area contributed by atoms with E-state index < -0.39 is 0 Å². The fourth-order valence-electron chi connectivity index (χ4n) is 5.87. The van der Waals surface area contributed by atoms with Crippen LogP contribution in [0.5, 0.6) is 0 Å². The van der Waals surface area contributed by atoms with Crippen LogP contribution in [-0.2, 0) is 13.0 Å². The lowest BCUT2D eigenvalue weighted by molar-refractivity contribution is 0.127. The van der Waals surface area contributed by atoms with E-state index in [2.05, 4.69) is 91.5 Å².